The normalized spacial score (nSPS) is 47.2. The van der Waals surface area contributed by atoms with Gasteiger partial charge in [-0.05, 0) is 45.4 Å². The van der Waals surface area contributed by atoms with Crippen LogP contribution in [0.5, 0.6) is 0 Å². The molecular weight excluding hydrogens is 280 g/mol. The monoisotopic (exact) mass is 312 g/mol. The summed E-state index contributed by atoms with van der Waals surface area (Å²) in [5.74, 6) is 1.01. The first kappa shape index (κ1) is 16.7. The molecule has 3 rings (SSSR count). The second-order valence-electron chi connectivity index (χ2n) is 7.83. The van der Waals surface area contributed by atoms with E-state index in [9.17, 15) is 0 Å². The van der Waals surface area contributed by atoms with Crippen molar-refractivity contribution in [3.05, 3.63) is 0 Å². The molecule has 1 aliphatic carbocycles. The summed E-state index contributed by atoms with van der Waals surface area (Å²) in [7, 11) is 1.81. The van der Waals surface area contributed by atoms with Crippen molar-refractivity contribution < 1.29 is 18.9 Å². The van der Waals surface area contributed by atoms with Gasteiger partial charge >= 0.3 is 0 Å². The highest BCUT2D eigenvalue weighted by molar-refractivity contribution is 5.19. The van der Waals surface area contributed by atoms with E-state index < -0.39 is 0 Å². The SMILES string of the molecule is CCOC1CC[C@]2(CO2)C([C@@]2(C)O[C@@H]2CCC(C)C)C1OC. The van der Waals surface area contributed by atoms with Crippen LogP contribution >= 0.6 is 0 Å². The molecule has 0 bridgehead atoms. The molecule has 0 N–H and O–H groups in total. The van der Waals surface area contributed by atoms with Crippen molar-refractivity contribution in [2.75, 3.05) is 20.3 Å². The van der Waals surface area contributed by atoms with Gasteiger partial charge in [-0.1, -0.05) is 13.8 Å². The molecular formula is C18H32O4. The van der Waals surface area contributed by atoms with Crippen LogP contribution in [0.4, 0.5) is 0 Å². The first-order valence-corrected chi connectivity index (χ1v) is 8.93. The lowest BCUT2D eigenvalue weighted by Gasteiger charge is -2.43. The number of rotatable bonds is 7. The molecule has 4 heteroatoms. The van der Waals surface area contributed by atoms with Crippen LogP contribution in [-0.4, -0.2) is 49.8 Å². The minimum Gasteiger partial charge on any atom is -0.378 e. The van der Waals surface area contributed by atoms with Gasteiger partial charge < -0.3 is 18.9 Å². The predicted molar refractivity (Wildman–Crippen MR) is 85.0 cm³/mol. The molecule has 2 saturated heterocycles. The maximum atomic E-state index is 6.21. The lowest BCUT2D eigenvalue weighted by molar-refractivity contribution is -0.136. The molecule has 4 nitrogen and oxygen atoms in total. The van der Waals surface area contributed by atoms with Crippen molar-refractivity contribution in [2.24, 2.45) is 11.8 Å². The summed E-state index contributed by atoms with van der Waals surface area (Å²) in [5.41, 5.74) is -0.128. The van der Waals surface area contributed by atoms with E-state index in [0.29, 0.717) is 6.10 Å². The largest absolute Gasteiger partial charge is 0.378 e. The van der Waals surface area contributed by atoms with Crippen LogP contribution in [0.15, 0.2) is 0 Å². The van der Waals surface area contributed by atoms with Crippen molar-refractivity contribution >= 4 is 0 Å². The third-order valence-corrected chi connectivity index (χ3v) is 5.88. The van der Waals surface area contributed by atoms with E-state index >= 15 is 0 Å². The Kier molecular flexibility index (Phi) is 4.59. The predicted octanol–water partition coefficient (Wildman–Crippen LogP) is 3.18. The molecule has 128 valence electrons. The highest BCUT2D eigenvalue weighted by atomic mass is 16.6. The number of epoxide rings is 2. The fraction of sp³-hybridized carbons (Fsp3) is 1.00. The molecule has 0 aromatic rings. The number of ether oxygens (including phenoxy) is 4. The molecule has 0 radical (unpaired) electrons. The quantitative estimate of drug-likeness (QED) is 0.677. The van der Waals surface area contributed by atoms with Crippen molar-refractivity contribution in [3.8, 4) is 0 Å². The molecule has 3 aliphatic rings. The van der Waals surface area contributed by atoms with Crippen molar-refractivity contribution in [2.45, 2.75) is 82.9 Å². The van der Waals surface area contributed by atoms with Crippen LogP contribution in [0.3, 0.4) is 0 Å². The Bertz CT molecular complexity index is 393. The minimum atomic E-state index is -0.109. The van der Waals surface area contributed by atoms with Crippen molar-refractivity contribution in [1.29, 1.82) is 0 Å². The second-order valence-corrected chi connectivity index (χ2v) is 7.83. The molecule has 0 aromatic carbocycles. The smallest absolute Gasteiger partial charge is 0.100 e. The van der Waals surface area contributed by atoms with Crippen LogP contribution in [0, 0.1) is 11.8 Å². The summed E-state index contributed by atoms with van der Waals surface area (Å²) in [6.07, 6.45) is 5.03. The minimum absolute atomic E-state index is 0.0182. The average molecular weight is 312 g/mol. The van der Waals surface area contributed by atoms with Gasteiger partial charge in [-0.15, -0.1) is 0 Å². The van der Waals surface area contributed by atoms with E-state index in [0.717, 1.165) is 38.4 Å². The zero-order valence-electron chi connectivity index (χ0n) is 14.8. The van der Waals surface area contributed by atoms with E-state index in [-0.39, 0.29) is 29.3 Å². The van der Waals surface area contributed by atoms with E-state index in [1.54, 1.807) is 7.11 Å². The summed E-state index contributed by atoms with van der Waals surface area (Å²) in [6.45, 7) is 10.4. The first-order chi connectivity index (χ1) is 10.5. The van der Waals surface area contributed by atoms with Gasteiger partial charge in [0.05, 0.1) is 36.4 Å². The molecule has 2 heterocycles. The Labute approximate surface area is 134 Å². The topological polar surface area (TPSA) is 43.5 Å². The fourth-order valence-electron chi connectivity index (χ4n) is 4.54. The van der Waals surface area contributed by atoms with E-state index in [4.69, 9.17) is 18.9 Å². The summed E-state index contributed by atoms with van der Waals surface area (Å²) in [5, 5.41) is 0. The maximum absolute atomic E-state index is 6.21. The summed E-state index contributed by atoms with van der Waals surface area (Å²) in [4.78, 5) is 0. The molecule has 3 unspecified atom stereocenters. The van der Waals surface area contributed by atoms with Gasteiger partial charge in [0.15, 0.2) is 0 Å². The van der Waals surface area contributed by atoms with Gasteiger partial charge in [0.25, 0.3) is 0 Å². The van der Waals surface area contributed by atoms with Gasteiger partial charge in [0.1, 0.15) is 5.60 Å². The second kappa shape index (κ2) is 6.04. The molecule has 0 amide bonds. The summed E-state index contributed by atoms with van der Waals surface area (Å²) < 4.78 is 24.0. The Morgan fingerprint density at radius 3 is 2.59 bits per heavy atom. The van der Waals surface area contributed by atoms with Crippen molar-refractivity contribution in [3.63, 3.8) is 0 Å². The van der Waals surface area contributed by atoms with E-state index in [1.165, 1.54) is 6.42 Å². The Morgan fingerprint density at radius 1 is 1.32 bits per heavy atom. The third kappa shape index (κ3) is 2.83. The van der Waals surface area contributed by atoms with Crippen LogP contribution in [-0.2, 0) is 18.9 Å². The fourth-order valence-corrected chi connectivity index (χ4v) is 4.54. The third-order valence-electron chi connectivity index (χ3n) is 5.88. The van der Waals surface area contributed by atoms with E-state index in [1.807, 2.05) is 0 Å². The Hall–Kier alpha value is -0.160. The van der Waals surface area contributed by atoms with Gasteiger partial charge in [-0.25, -0.2) is 0 Å². The van der Waals surface area contributed by atoms with Crippen LogP contribution in [0.2, 0.25) is 0 Å². The highest BCUT2D eigenvalue weighted by Crippen LogP contribution is 2.59. The number of methoxy groups -OCH3 is 1. The zero-order valence-corrected chi connectivity index (χ0v) is 14.8. The summed E-state index contributed by atoms with van der Waals surface area (Å²) in [6, 6.07) is 0. The molecule has 1 saturated carbocycles. The van der Waals surface area contributed by atoms with Gasteiger partial charge in [-0.3, -0.25) is 0 Å². The van der Waals surface area contributed by atoms with Gasteiger partial charge in [-0.2, -0.15) is 0 Å². The Morgan fingerprint density at radius 2 is 2.05 bits per heavy atom. The van der Waals surface area contributed by atoms with Crippen LogP contribution in [0.1, 0.15) is 53.4 Å². The van der Waals surface area contributed by atoms with Gasteiger partial charge in [0.2, 0.25) is 0 Å². The highest BCUT2D eigenvalue weighted by Gasteiger charge is 2.71. The molecule has 3 fully saturated rings. The standard InChI is InChI=1S/C18H32O4/c1-6-20-13-9-10-18(11-21-18)16(15(13)19-5)17(4)14(22-17)8-7-12(2)3/h12-16H,6-11H2,1-5H3/t13?,14-,15?,16?,17+,18+/m1/s1. The molecule has 0 aromatic heterocycles. The van der Waals surface area contributed by atoms with Crippen LogP contribution < -0.4 is 0 Å². The van der Waals surface area contributed by atoms with Gasteiger partial charge in [0, 0.05) is 13.7 Å². The lowest BCUT2D eigenvalue weighted by Crippen LogP contribution is -2.55. The van der Waals surface area contributed by atoms with Crippen LogP contribution in [0.25, 0.3) is 0 Å². The molecule has 1 spiro atoms. The first-order valence-electron chi connectivity index (χ1n) is 8.93. The lowest BCUT2D eigenvalue weighted by atomic mass is 9.68. The Balaban J connectivity index is 1.74. The number of hydrogen-bond donors (Lipinski definition) is 0. The molecule has 2 aliphatic heterocycles. The zero-order chi connectivity index (χ0) is 16.0. The van der Waals surface area contributed by atoms with Crippen molar-refractivity contribution in [1.82, 2.24) is 0 Å². The molecule has 6 atom stereocenters. The maximum Gasteiger partial charge on any atom is 0.100 e. The van der Waals surface area contributed by atoms with E-state index in [2.05, 4.69) is 27.7 Å². The number of hydrogen-bond acceptors (Lipinski definition) is 4. The average Bonchev–Trinajstić information content (AvgIpc) is 3.37. The molecule has 22 heavy (non-hydrogen) atoms. The summed E-state index contributed by atoms with van der Waals surface area (Å²) >= 11 is 0.